The van der Waals surface area contributed by atoms with E-state index in [0.717, 1.165) is 0 Å². The van der Waals surface area contributed by atoms with E-state index in [1.165, 1.54) is 0 Å². The van der Waals surface area contributed by atoms with Crippen LogP contribution in [0.2, 0.25) is 0 Å². The molecular formula is C3HF2LiO2. The third-order valence-electron chi connectivity index (χ3n) is 0.227. The van der Waals surface area contributed by atoms with Crippen LogP contribution in [0.5, 0.6) is 0 Å². The summed E-state index contributed by atoms with van der Waals surface area (Å²) in [4.78, 5) is 9.14. The number of carboxylic acids is 1. The fraction of sp³-hybridized carbons (Fsp3) is 0. The van der Waals surface area contributed by atoms with E-state index in [0.29, 0.717) is 0 Å². The molecule has 0 fully saturated rings. The van der Waals surface area contributed by atoms with Crippen LogP contribution in [0.25, 0.3) is 0 Å². The van der Waals surface area contributed by atoms with Gasteiger partial charge in [0.1, 0.15) is 0 Å². The van der Waals surface area contributed by atoms with Crippen LogP contribution >= 0.6 is 0 Å². The van der Waals surface area contributed by atoms with Gasteiger partial charge in [0.25, 0.3) is 6.08 Å². The monoisotopic (exact) mass is 114 g/mol. The van der Waals surface area contributed by atoms with Gasteiger partial charge in [0, 0.05) is 6.08 Å². The van der Waals surface area contributed by atoms with Gasteiger partial charge in [0.05, 0.1) is 5.97 Å². The van der Waals surface area contributed by atoms with Crippen LogP contribution in [0, 0.1) is 0 Å². The molecule has 0 saturated heterocycles. The molecule has 0 unspecified atom stereocenters. The molecule has 0 aliphatic rings. The van der Waals surface area contributed by atoms with E-state index in [1.54, 1.807) is 0 Å². The molecule has 0 aliphatic carbocycles. The number of rotatable bonds is 1. The number of aliphatic carboxylic acids is 1. The van der Waals surface area contributed by atoms with Crippen molar-refractivity contribution in [2.24, 2.45) is 0 Å². The predicted octanol–water partition coefficient (Wildman–Crippen LogP) is -3.48. The number of hydrogen-bond acceptors (Lipinski definition) is 2. The minimum Gasteiger partial charge on any atom is -0.545 e. The quantitative estimate of drug-likeness (QED) is 0.262. The van der Waals surface area contributed by atoms with Gasteiger partial charge in [-0.3, -0.25) is 0 Å². The van der Waals surface area contributed by atoms with Gasteiger partial charge < -0.3 is 9.90 Å². The SMILES string of the molecule is O=C([O-])C=C(F)F.[Li+]. The van der Waals surface area contributed by atoms with Gasteiger partial charge in [-0.05, 0) is 0 Å². The van der Waals surface area contributed by atoms with Crippen molar-refractivity contribution in [1.29, 1.82) is 0 Å². The van der Waals surface area contributed by atoms with Crippen molar-refractivity contribution in [1.82, 2.24) is 0 Å². The van der Waals surface area contributed by atoms with Crippen molar-refractivity contribution in [3.05, 3.63) is 12.2 Å². The molecular weight excluding hydrogens is 113 g/mol. The largest absolute Gasteiger partial charge is 1.00 e. The van der Waals surface area contributed by atoms with E-state index in [2.05, 4.69) is 0 Å². The second-order valence-corrected chi connectivity index (χ2v) is 0.753. The fourth-order valence-electron chi connectivity index (χ4n) is 0.0891. The Kier molecular flexibility index (Phi) is 6.39. The zero-order valence-corrected chi connectivity index (χ0v) is 4.15. The summed E-state index contributed by atoms with van der Waals surface area (Å²) in [5.74, 6) is -1.88. The van der Waals surface area contributed by atoms with E-state index in [9.17, 15) is 8.78 Å². The first-order valence-electron chi connectivity index (χ1n) is 1.36. The third kappa shape index (κ3) is 9.18. The zero-order valence-electron chi connectivity index (χ0n) is 4.15. The molecule has 0 radical (unpaired) electrons. The number of hydrogen-bond donors (Lipinski definition) is 0. The van der Waals surface area contributed by atoms with Crippen LogP contribution in [0.4, 0.5) is 8.78 Å². The van der Waals surface area contributed by atoms with Gasteiger partial charge >= 0.3 is 18.9 Å². The Bertz CT molecular complexity index is 108. The first kappa shape index (κ1) is 10.6. The van der Waals surface area contributed by atoms with E-state index in [4.69, 9.17) is 9.90 Å². The summed E-state index contributed by atoms with van der Waals surface area (Å²) in [5, 5.41) is 9.14. The smallest absolute Gasteiger partial charge is 0.545 e. The summed E-state index contributed by atoms with van der Waals surface area (Å²) >= 11 is 0. The third-order valence-corrected chi connectivity index (χ3v) is 0.227. The molecule has 0 rings (SSSR count). The molecule has 0 aromatic rings. The molecule has 0 aromatic carbocycles. The van der Waals surface area contributed by atoms with Crippen LogP contribution in [0.1, 0.15) is 0 Å². The molecule has 2 nitrogen and oxygen atoms in total. The van der Waals surface area contributed by atoms with Gasteiger partial charge in [-0.25, -0.2) is 0 Å². The molecule has 0 aliphatic heterocycles. The Morgan fingerprint density at radius 3 is 1.88 bits per heavy atom. The Hall–Kier alpha value is -0.333. The van der Waals surface area contributed by atoms with Crippen molar-refractivity contribution >= 4 is 5.97 Å². The second-order valence-electron chi connectivity index (χ2n) is 0.753. The number of halogens is 2. The first-order valence-corrected chi connectivity index (χ1v) is 1.36. The number of carbonyl (C=O) groups excluding carboxylic acids is 1. The maximum Gasteiger partial charge on any atom is 1.00 e. The van der Waals surface area contributed by atoms with Crippen molar-refractivity contribution in [2.75, 3.05) is 0 Å². The summed E-state index contributed by atoms with van der Waals surface area (Å²) in [6, 6.07) is 0. The van der Waals surface area contributed by atoms with Crippen LogP contribution in [-0.2, 0) is 4.79 Å². The van der Waals surface area contributed by atoms with E-state index in [-0.39, 0.29) is 24.9 Å². The standard InChI is InChI=1S/C3H2F2O2.Li/c4-2(5)1-3(6)7;/h1H,(H,6,7);/q;+1/p-1. The zero-order chi connectivity index (χ0) is 5.86. The average Bonchev–Trinajstić information content (AvgIpc) is 1.27. The minimum absolute atomic E-state index is 0. The van der Waals surface area contributed by atoms with Gasteiger partial charge in [-0.2, -0.15) is 8.78 Å². The summed E-state index contributed by atoms with van der Waals surface area (Å²) in [7, 11) is 0. The molecule has 0 N–H and O–H groups in total. The van der Waals surface area contributed by atoms with Gasteiger partial charge in [-0.15, -0.1) is 0 Å². The number of carboxylic acid groups (broad SMARTS) is 1. The summed E-state index contributed by atoms with van der Waals surface area (Å²) in [6.45, 7) is 0. The van der Waals surface area contributed by atoms with Gasteiger partial charge in [-0.1, -0.05) is 0 Å². The molecule has 0 spiro atoms. The maximum absolute atomic E-state index is 10.7. The Balaban J connectivity index is 0. The van der Waals surface area contributed by atoms with E-state index in [1.807, 2.05) is 0 Å². The van der Waals surface area contributed by atoms with Crippen LogP contribution in [0.3, 0.4) is 0 Å². The van der Waals surface area contributed by atoms with Gasteiger partial charge in [0.15, 0.2) is 0 Å². The molecule has 0 heterocycles. The molecule has 0 aromatic heterocycles. The number of carbonyl (C=O) groups is 1. The van der Waals surface area contributed by atoms with Crippen LogP contribution < -0.4 is 24.0 Å². The van der Waals surface area contributed by atoms with Crippen molar-refractivity contribution in [3.63, 3.8) is 0 Å². The summed E-state index contributed by atoms with van der Waals surface area (Å²) in [5.41, 5.74) is 0. The van der Waals surface area contributed by atoms with Crippen molar-refractivity contribution < 1.29 is 37.5 Å². The van der Waals surface area contributed by atoms with Crippen molar-refractivity contribution in [3.8, 4) is 0 Å². The Morgan fingerprint density at radius 1 is 1.50 bits per heavy atom. The van der Waals surface area contributed by atoms with E-state index >= 15 is 0 Å². The van der Waals surface area contributed by atoms with Crippen LogP contribution in [-0.4, -0.2) is 5.97 Å². The molecule has 0 amide bonds. The maximum atomic E-state index is 10.7. The topological polar surface area (TPSA) is 40.1 Å². The Labute approximate surface area is 56.4 Å². The first-order chi connectivity index (χ1) is 3.13. The van der Waals surface area contributed by atoms with E-state index < -0.39 is 12.0 Å². The normalized spacial score (nSPS) is 6.75. The molecule has 5 heteroatoms. The molecule has 8 heavy (non-hydrogen) atoms. The molecule has 0 bridgehead atoms. The minimum atomic E-state index is -2.25. The fourth-order valence-corrected chi connectivity index (χ4v) is 0.0891. The Morgan fingerprint density at radius 2 is 1.88 bits per heavy atom. The molecule has 0 atom stereocenters. The summed E-state index contributed by atoms with van der Waals surface area (Å²) < 4.78 is 21.5. The summed E-state index contributed by atoms with van der Waals surface area (Å²) in [6.07, 6.45) is -2.53. The molecule has 0 saturated carbocycles. The average molecular weight is 114 g/mol. The predicted molar refractivity (Wildman–Crippen MR) is 15.3 cm³/mol. The molecule has 40 valence electrons. The van der Waals surface area contributed by atoms with Crippen LogP contribution in [0.15, 0.2) is 12.2 Å². The van der Waals surface area contributed by atoms with Gasteiger partial charge in [0.2, 0.25) is 0 Å². The van der Waals surface area contributed by atoms with Crippen molar-refractivity contribution in [2.45, 2.75) is 0 Å². The second kappa shape index (κ2) is 4.82.